The van der Waals surface area contributed by atoms with Crippen molar-refractivity contribution in [3.63, 3.8) is 0 Å². The number of carboxylic acids is 4. The highest BCUT2D eigenvalue weighted by Crippen LogP contribution is 2.20. The summed E-state index contributed by atoms with van der Waals surface area (Å²) in [6.45, 7) is 0. The second kappa shape index (κ2) is 7.31. The van der Waals surface area contributed by atoms with Gasteiger partial charge in [0.05, 0.1) is 22.3 Å². The van der Waals surface area contributed by atoms with Crippen LogP contribution in [0.5, 0.6) is 0 Å². The Morgan fingerprint density at radius 2 is 1.27 bits per heavy atom. The van der Waals surface area contributed by atoms with Gasteiger partial charge in [-0.15, -0.1) is 0 Å². The topological polar surface area (TPSA) is 149 Å². The lowest BCUT2D eigenvalue weighted by molar-refractivity contribution is 0.0651. The molecule has 132 valence electrons. The third-order valence-electron chi connectivity index (χ3n) is 3.50. The summed E-state index contributed by atoms with van der Waals surface area (Å²) >= 11 is 0. The van der Waals surface area contributed by atoms with Crippen LogP contribution in [0.2, 0.25) is 0 Å². The molecular weight excluding hydrogens is 344 g/mol. The maximum absolute atomic E-state index is 11.4. The summed E-state index contributed by atoms with van der Waals surface area (Å²) in [5.41, 5.74) is -1.17. The monoisotopic (exact) mass is 356 g/mol. The Bertz CT molecular complexity index is 956. The van der Waals surface area contributed by atoms with Gasteiger partial charge in [0.1, 0.15) is 0 Å². The molecule has 0 aromatic heterocycles. The minimum atomic E-state index is -1.42. The van der Waals surface area contributed by atoms with Crippen LogP contribution in [-0.2, 0) is 0 Å². The first kappa shape index (κ1) is 18.4. The van der Waals surface area contributed by atoms with Crippen LogP contribution in [0.25, 0.3) is 12.2 Å². The zero-order chi connectivity index (χ0) is 19.4. The fourth-order valence-electron chi connectivity index (χ4n) is 2.34. The van der Waals surface area contributed by atoms with Crippen molar-refractivity contribution in [2.24, 2.45) is 0 Å². The number of hydrogen-bond donors (Lipinski definition) is 4. The number of benzene rings is 2. The Kier molecular flexibility index (Phi) is 5.17. The van der Waals surface area contributed by atoms with Crippen LogP contribution in [0.1, 0.15) is 52.6 Å². The summed E-state index contributed by atoms with van der Waals surface area (Å²) in [6, 6.07) is 7.55. The molecule has 8 heteroatoms. The number of hydrogen-bond acceptors (Lipinski definition) is 4. The van der Waals surface area contributed by atoms with Crippen LogP contribution in [0.3, 0.4) is 0 Å². The second-order valence-electron chi connectivity index (χ2n) is 5.13. The largest absolute Gasteiger partial charge is 0.478 e. The van der Waals surface area contributed by atoms with Crippen LogP contribution in [0.4, 0.5) is 0 Å². The van der Waals surface area contributed by atoms with E-state index in [0.717, 1.165) is 18.2 Å². The van der Waals surface area contributed by atoms with Crippen LogP contribution in [0.15, 0.2) is 36.4 Å². The molecule has 0 saturated heterocycles. The van der Waals surface area contributed by atoms with Crippen molar-refractivity contribution in [2.75, 3.05) is 0 Å². The van der Waals surface area contributed by atoms with E-state index in [1.165, 1.54) is 30.4 Å². The quantitative estimate of drug-likeness (QED) is 0.577. The molecule has 2 rings (SSSR count). The first-order chi connectivity index (χ1) is 12.2. The smallest absolute Gasteiger partial charge is 0.337 e. The van der Waals surface area contributed by atoms with Crippen LogP contribution >= 0.6 is 0 Å². The van der Waals surface area contributed by atoms with Gasteiger partial charge in [0.2, 0.25) is 0 Å². The highest BCUT2D eigenvalue weighted by molar-refractivity contribution is 6.05. The molecule has 0 aliphatic carbocycles. The number of aromatic carboxylic acids is 4. The molecule has 0 unspecified atom stereocenters. The first-order valence-corrected chi connectivity index (χ1v) is 7.10. The molecule has 0 aliphatic heterocycles. The van der Waals surface area contributed by atoms with E-state index >= 15 is 0 Å². The average molecular weight is 356 g/mol. The molecule has 2 aromatic rings. The van der Waals surface area contributed by atoms with E-state index in [-0.39, 0.29) is 16.7 Å². The Morgan fingerprint density at radius 1 is 0.654 bits per heavy atom. The predicted octanol–water partition coefficient (Wildman–Crippen LogP) is 2.65. The minimum absolute atomic E-state index is 0.108. The van der Waals surface area contributed by atoms with Crippen molar-refractivity contribution in [1.29, 1.82) is 0 Å². The highest BCUT2D eigenvalue weighted by atomic mass is 16.4. The lowest BCUT2D eigenvalue weighted by Crippen LogP contribution is -2.09. The van der Waals surface area contributed by atoms with E-state index in [2.05, 4.69) is 0 Å². The third kappa shape index (κ3) is 3.75. The highest BCUT2D eigenvalue weighted by Gasteiger charge is 2.19. The molecule has 8 nitrogen and oxygen atoms in total. The number of rotatable bonds is 6. The Hall–Kier alpha value is -3.94. The zero-order valence-electron chi connectivity index (χ0n) is 13.0. The Balaban J connectivity index is 2.51. The molecule has 0 amide bonds. The van der Waals surface area contributed by atoms with Gasteiger partial charge >= 0.3 is 23.9 Å². The van der Waals surface area contributed by atoms with Crippen LogP contribution in [0, 0.1) is 0 Å². The van der Waals surface area contributed by atoms with Gasteiger partial charge in [-0.05, 0) is 29.3 Å². The average Bonchev–Trinajstić information content (AvgIpc) is 2.58. The van der Waals surface area contributed by atoms with Gasteiger partial charge in [-0.25, -0.2) is 19.2 Å². The fourth-order valence-corrected chi connectivity index (χ4v) is 2.34. The van der Waals surface area contributed by atoms with Gasteiger partial charge in [-0.3, -0.25) is 0 Å². The lowest BCUT2D eigenvalue weighted by Gasteiger charge is -2.06. The summed E-state index contributed by atoms with van der Waals surface area (Å²) in [5, 5.41) is 36.5. The second-order valence-corrected chi connectivity index (χ2v) is 5.13. The SMILES string of the molecule is O=C(O)c1ccc(C=Cc2cccc(C(=O)O)c2C(=O)O)cc1C(=O)O. The van der Waals surface area contributed by atoms with Crippen molar-refractivity contribution >= 4 is 36.0 Å². The van der Waals surface area contributed by atoms with Crippen LogP contribution in [-0.4, -0.2) is 44.3 Å². The van der Waals surface area contributed by atoms with Gasteiger partial charge in [0, 0.05) is 0 Å². The van der Waals surface area contributed by atoms with Gasteiger partial charge in [0.15, 0.2) is 0 Å². The maximum Gasteiger partial charge on any atom is 0.337 e. The molecule has 0 bridgehead atoms. The standard InChI is InChI=1S/C18H12O8/c19-15(20)11-7-5-9(8-13(11)17(23)24)4-6-10-2-1-3-12(16(21)22)14(10)18(25)26/h1-8H,(H,19,20)(H,21,22)(H,23,24)(H,25,26). The third-order valence-corrected chi connectivity index (χ3v) is 3.50. The zero-order valence-corrected chi connectivity index (χ0v) is 13.0. The lowest BCUT2D eigenvalue weighted by atomic mass is 9.99. The summed E-state index contributed by atoms with van der Waals surface area (Å²) in [4.78, 5) is 44.8. The summed E-state index contributed by atoms with van der Waals surface area (Å²) in [5.74, 6) is -5.62. The Labute approximate surface area is 146 Å². The van der Waals surface area contributed by atoms with E-state index in [1.54, 1.807) is 0 Å². The van der Waals surface area contributed by atoms with E-state index in [4.69, 9.17) is 15.3 Å². The molecule has 26 heavy (non-hydrogen) atoms. The van der Waals surface area contributed by atoms with E-state index < -0.39 is 35.0 Å². The maximum atomic E-state index is 11.4. The van der Waals surface area contributed by atoms with Crippen molar-refractivity contribution in [2.45, 2.75) is 0 Å². The summed E-state index contributed by atoms with van der Waals surface area (Å²) in [6.07, 6.45) is 2.68. The molecule has 4 N–H and O–H groups in total. The van der Waals surface area contributed by atoms with Gasteiger partial charge in [0.25, 0.3) is 0 Å². The number of carboxylic acid groups (broad SMARTS) is 4. The molecule has 0 heterocycles. The van der Waals surface area contributed by atoms with Gasteiger partial charge in [-0.1, -0.05) is 30.4 Å². The molecule has 0 radical (unpaired) electrons. The molecule has 0 spiro atoms. The van der Waals surface area contributed by atoms with Crippen molar-refractivity contribution in [1.82, 2.24) is 0 Å². The van der Waals surface area contributed by atoms with Crippen molar-refractivity contribution in [3.8, 4) is 0 Å². The van der Waals surface area contributed by atoms with E-state index in [1.807, 2.05) is 0 Å². The van der Waals surface area contributed by atoms with E-state index in [9.17, 15) is 24.3 Å². The fraction of sp³-hybridized carbons (Fsp3) is 0. The van der Waals surface area contributed by atoms with E-state index in [0.29, 0.717) is 5.56 Å². The normalized spacial score (nSPS) is 10.6. The number of carbonyl (C=O) groups is 4. The predicted molar refractivity (Wildman–Crippen MR) is 89.6 cm³/mol. The minimum Gasteiger partial charge on any atom is -0.478 e. The molecule has 0 atom stereocenters. The molecule has 0 fully saturated rings. The Morgan fingerprint density at radius 3 is 1.81 bits per heavy atom. The van der Waals surface area contributed by atoms with Gasteiger partial charge < -0.3 is 20.4 Å². The molecule has 2 aromatic carbocycles. The molecule has 0 saturated carbocycles. The van der Waals surface area contributed by atoms with Crippen molar-refractivity contribution < 1.29 is 39.6 Å². The molecular formula is C18H12O8. The first-order valence-electron chi connectivity index (χ1n) is 7.10. The van der Waals surface area contributed by atoms with Gasteiger partial charge in [-0.2, -0.15) is 0 Å². The van der Waals surface area contributed by atoms with Crippen LogP contribution < -0.4 is 0 Å². The summed E-state index contributed by atoms with van der Waals surface area (Å²) in [7, 11) is 0. The summed E-state index contributed by atoms with van der Waals surface area (Å²) < 4.78 is 0. The molecule has 0 aliphatic rings. The van der Waals surface area contributed by atoms with Crippen molar-refractivity contribution in [3.05, 3.63) is 69.8 Å².